The number of carbonyl (C=O) groups is 2. The van der Waals surface area contributed by atoms with Crippen LogP contribution in [-0.4, -0.2) is 44.7 Å². The molecule has 0 fully saturated rings. The van der Waals surface area contributed by atoms with E-state index in [1.165, 1.54) is 30.5 Å². The van der Waals surface area contributed by atoms with E-state index in [9.17, 15) is 22.4 Å². The number of hydrogen-bond acceptors (Lipinski definition) is 9. The van der Waals surface area contributed by atoms with E-state index in [1.54, 1.807) is 6.07 Å². The summed E-state index contributed by atoms with van der Waals surface area (Å²) in [4.78, 5) is 29.8. The summed E-state index contributed by atoms with van der Waals surface area (Å²) < 4.78 is 49.7. The molecule has 0 radical (unpaired) electrons. The van der Waals surface area contributed by atoms with Gasteiger partial charge in [0.25, 0.3) is 5.91 Å². The number of nitrogens with zero attached hydrogens (tertiary/aromatic N) is 4. The number of amides is 1. The van der Waals surface area contributed by atoms with Crippen LogP contribution in [0.5, 0.6) is 0 Å². The Labute approximate surface area is 199 Å². The van der Waals surface area contributed by atoms with E-state index in [1.807, 2.05) is 0 Å². The van der Waals surface area contributed by atoms with Crippen molar-refractivity contribution in [3.8, 4) is 0 Å². The second-order valence-electron chi connectivity index (χ2n) is 5.65. The average Bonchev–Trinajstić information content (AvgIpc) is 3.20. The molecule has 1 aromatic carbocycles. The van der Waals surface area contributed by atoms with Crippen molar-refractivity contribution in [3.63, 3.8) is 0 Å². The summed E-state index contributed by atoms with van der Waals surface area (Å²) in [5, 5.41) is 20.4. The first kappa shape index (κ1) is 26.5. The van der Waals surface area contributed by atoms with E-state index in [4.69, 9.17) is 26.4 Å². The third kappa shape index (κ3) is 7.96. The maximum absolute atomic E-state index is 13.2. The Morgan fingerprint density at radius 2 is 1.97 bits per heavy atom. The third-order valence-electron chi connectivity index (χ3n) is 3.30. The molecule has 11 nitrogen and oxygen atoms in total. The second-order valence-corrected chi connectivity index (χ2v) is 6.87. The van der Waals surface area contributed by atoms with Crippen LogP contribution in [0.4, 0.5) is 29.1 Å². The molecule has 0 atom stereocenters. The van der Waals surface area contributed by atoms with Gasteiger partial charge in [-0.3, -0.25) is 9.73 Å². The molecule has 0 saturated heterocycles. The van der Waals surface area contributed by atoms with Crippen LogP contribution < -0.4 is 10.8 Å². The van der Waals surface area contributed by atoms with E-state index in [0.29, 0.717) is 5.69 Å². The Balaban J connectivity index is 0.000000509. The fourth-order valence-electron chi connectivity index (χ4n) is 1.81. The summed E-state index contributed by atoms with van der Waals surface area (Å²) in [5.41, 5.74) is 3.20. The lowest BCUT2D eigenvalue weighted by Crippen LogP contribution is -2.21. The quantitative estimate of drug-likeness (QED) is 0.171. The lowest BCUT2D eigenvalue weighted by Gasteiger charge is -2.03. The van der Waals surface area contributed by atoms with E-state index < -0.39 is 23.9 Å². The minimum absolute atomic E-state index is 0.0109. The molecule has 34 heavy (non-hydrogen) atoms. The standard InChI is InChI=1S/C15H9BrClFN6O3.C2HF3O2/c16-10-6-8(3-4-11(10)18)22-26-20-7-12-14(24-27-23-12)21-15(25)9-2-1-5-19-13(9)17;3-2(4,5)1(6)7/h1-7,22H,(H,21,24,25);(H,6,7)/b20-7+;. The maximum Gasteiger partial charge on any atom is 0.490 e. The molecule has 2 aromatic heterocycles. The molecule has 1 amide bonds. The predicted octanol–water partition coefficient (Wildman–Crippen LogP) is 4.28. The Morgan fingerprint density at radius 1 is 1.26 bits per heavy atom. The molecule has 0 aliphatic rings. The summed E-state index contributed by atoms with van der Waals surface area (Å²) in [6.45, 7) is 0. The zero-order valence-electron chi connectivity index (χ0n) is 16.2. The highest BCUT2D eigenvalue weighted by Crippen LogP contribution is 2.20. The number of anilines is 2. The van der Waals surface area contributed by atoms with Gasteiger partial charge in [0, 0.05) is 6.20 Å². The minimum atomic E-state index is -5.08. The topological polar surface area (TPSA) is 152 Å². The molecule has 3 aromatic rings. The fourth-order valence-corrected chi connectivity index (χ4v) is 2.40. The van der Waals surface area contributed by atoms with E-state index >= 15 is 0 Å². The highest BCUT2D eigenvalue weighted by Gasteiger charge is 2.38. The van der Waals surface area contributed by atoms with Gasteiger partial charge in [-0.05, 0) is 56.6 Å². The molecule has 180 valence electrons. The Bertz CT molecular complexity index is 1190. The van der Waals surface area contributed by atoms with Gasteiger partial charge in [0.15, 0.2) is 5.69 Å². The highest BCUT2D eigenvalue weighted by molar-refractivity contribution is 9.10. The number of benzene rings is 1. The van der Waals surface area contributed by atoms with Crippen LogP contribution in [0.3, 0.4) is 0 Å². The van der Waals surface area contributed by atoms with Crippen molar-refractivity contribution in [3.05, 3.63) is 63.2 Å². The Kier molecular flexibility index (Phi) is 9.26. The number of aromatic nitrogens is 3. The SMILES string of the molecule is O=C(Nc1nonc1/C=N/ONc1ccc(F)c(Br)c1)c1cccnc1Cl.O=C(O)C(F)(F)F. The number of carbonyl (C=O) groups excluding carboxylic acids is 1. The second kappa shape index (κ2) is 11.9. The van der Waals surface area contributed by atoms with Crippen molar-refractivity contribution in [2.45, 2.75) is 6.18 Å². The molecule has 0 spiro atoms. The number of halogens is 6. The number of carboxylic acids is 1. The smallest absolute Gasteiger partial charge is 0.475 e. The van der Waals surface area contributed by atoms with Gasteiger partial charge in [-0.15, -0.1) is 0 Å². The molecule has 3 rings (SSSR count). The first-order valence-corrected chi connectivity index (χ1v) is 9.61. The first-order valence-electron chi connectivity index (χ1n) is 8.44. The molecule has 0 unspecified atom stereocenters. The van der Waals surface area contributed by atoms with Crippen LogP contribution in [0, 0.1) is 5.82 Å². The number of pyridine rings is 1. The number of aliphatic carboxylic acids is 1. The number of oxime groups is 1. The lowest BCUT2D eigenvalue weighted by molar-refractivity contribution is -0.192. The van der Waals surface area contributed by atoms with Crippen LogP contribution in [0.25, 0.3) is 0 Å². The Morgan fingerprint density at radius 3 is 2.59 bits per heavy atom. The summed E-state index contributed by atoms with van der Waals surface area (Å²) in [6, 6.07) is 7.23. The molecule has 0 saturated carbocycles. The van der Waals surface area contributed by atoms with Crippen LogP contribution in [0.2, 0.25) is 5.15 Å². The van der Waals surface area contributed by atoms with Crippen molar-refractivity contribution in [1.29, 1.82) is 0 Å². The monoisotopic (exact) mass is 568 g/mol. The number of carboxylic acid groups (broad SMARTS) is 1. The minimum Gasteiger partial charge on any atom is -0.475 e. The third-order valence-corrected chi connectivity index (χ3v) is 4.21. The molecule has 3 N–H and O–H groups in total. The summed E-state index contributed by atoms with van der Waals surface area (Å²) in [5.74, 6) is -3.70. The predicted molar refractivity (Wildman–Crippen MR) is 112 cm³/mol. The van der Waals surface area contributed by atoms with Gasteiger partial charge >= 0.3 is 12.1 Å². The number of hydrogen-bond donors (Lipinski definition) is 3. The van der Waals surface area contributed by atoms with E-state index in [0.717, 1.165) is 6.21 Å². The average molecular weight is 570 g/mol. The van der Waals surface area contributed by atoms with Gasteiger partial charge in [0.1, 0.15) is 17.2 Å². The number of rotatable bonds is 6. The zero-order valence-corrected chi connectivity index (χ0v) is 18.5. The molecule has 0 aliphatic carbocycles. The van der Waals surface area contributed by atoms with Gasteiger partial charge in [0.05, 0.1) is 15.7 Å². The van der Waals surface area contributed by atoms with Gasteiger partial charge in [0.2, 0.25) is 5.82 Å². The molecule has 0 bridgehead atoms. The van der Waals surface area contributed by atoms with Gasteiger partial charge in [-0.1, -0.05) is 16.8 Å². The molecule has 2 heterocycles. The van der Waals surface area contributed by atoms with Crippen LogP contribution in [0.1, 0.15) is 16.1 Å². The summed E-state index contributed by atoms with van der Waals surface area (Å²) >= 11 is 8.92. The van der Waals surface area contributed by atoms with Crippen LogP contribution >= 0.6 is 27.5 Å². The van der Waals surface area contributed by atoms with Crippen molar-refractivity contribution >= 4 is 57.1 Å². The normalized spacial score (nSPS) is 10.9. The van der Waals surface area contributed by atoms with Crippen molar-refractivity contribution in [2.24, 2.45) is 5.16 Å². The van der Waals surface area contributed by atoms with Crippen molar-refractivity contribution in [2.75, 3.05) is 10.8 Å². The number of nitrogens with one attached hydrogen (secondary N) is 2. The van der Waals surface area contributed by atoms with E-state index in [-0.39, 0.29) is 26.7 Å². The van der Waals surface area contributed by atoms with Gasteiger partial charge < -0.3 is 10.4 Å². The summed E-state index contributed by atoms with van der Waals surface area (Å²) in [6.07, 6.45) is -2.47. The van der Waals surface area contributed by atoms with Crippen molar-refractivity contribution < 1.29 is 41.8 Å². The van der Waals surface area contributed by atoms with Crippen molar-refractivity contribution in [1.82, 2.24) is 15.3 Å². The molecule has 17 heteroatoms. The number of alkyl halides is 3. The summed E-state index contributed by atoms with van der Waals surface area (Å²) in [7, 11) is 0. The highest BCUT2D eigenvalue weighted by atomic mass is 79.9. The van der Waals surface area contributed by atoms with Crippen LogP contribution in [-0.2, 0) is 9.73 Å². The fraction of sp³-hybridized carbons (Fsp3) is 0.0588. The molecule has 0 aliphatic heterocycles. The van der Waals surface area contributed by atoms with Gasteiger partial charge in [-0.25, -0.2) is 18.8 Å². The van der Waals surface area contributed by atoms with E-state index in [2.05, 4.69) is 51.8 Å². The largest absolute Gasteiger partial charge is 0.490 e. The Hall–Kier alpha value is -3.79. The van der Waals surface area contributed by atoms with Gasteiger partial charge in [-0.2, -0.15) is 18.7 Å². The maximum atomic E-state index is 13.2. The van der Waals surface area contributed by atoms with Crippen LogP contribution in [0.15, 0.2) is 50.8 Å². The first-order chi connectivity index (χ1) is 16.0. The molecular formula is C17H10BrClF4N6O5. The zero-order chi connectivity index (χ0) is 25.3. The lowest BCUT2D eigenvalue weighted by atomic mass is 10.2. The molecular weight excluding hydrogens is 560 g/mol.